The molecule has 0 fully saturated rings. The summed E-state index contributed by atoms with van der Waals surface area (Å²) in [6, 6.07) is 14.6. The van der Waals surface area contributed by atoms with E-state index in [4.69, 9.17) is 10.6 Å². The third-order valence-corrected chi connectivity index (χ3v) is 5.49. The summed E-state index contributed by atoms with van der Waals surface area (Å²) >= 11 is 1.58. The van der Waals surface area contributed by atoms with Gasteiger partial charge in [0.05, 0.1) is 0 Å². The lowest BCUT2D eigenvalue weighted by atomic mass is 10.0. The van der Waals surface area contributed by atoms with E-state index in [2.05, 4.69) is 68.2 Å². The lowest BCUT2D eigenvalue weighted by molar-refractivity contribution is 0.287. The van der Waals surface area contributed by atoms with Crippen LogP contribution < -0.4 is 10.6 Å². The van der Waals surface area contributed by atoms with Crippen molar-refractivity contribution in [3.63, 3.8) is 0 Å². The number of rotatable bonds is 7. The molecule has 1 aromatic heterocycles. The van der Waals surface area contributed by atoms with Gasteiger partial charge in [0, 0.05) is 5.75 Å². The first-order valence-electron chi connectivity index (χ1n) is 9.05. The van der Waals surface area contributed by atoms with Crippen molar-refractivity contribution in [2.45, 2.75) is 51.1 Å². The van der Waals surface area contributed by atoms with Crippen molar-refractivity contribution in [3.05, 3.63) is 70.5 Å². The summed E-state index contributed by atoms with van der Waals surface area (Å²) in [4.78, 5) is 0. The molecule has 0 unspecified atom stereocenters. The number of nitrogens with zero attached hydrogens (tertiary/aromatic N) is 3. The molecule has 0 radical (unpaired) electrons. The molecule has 0 saturated heterocycles. The summed E-state index contributed by atoms with van der Waals surface area (Å²) < 4.78 is 7.55. The molecule has 5 nitrogen and oxygen atoms in total. The van der Waals surface area contributed by atoms with Crippen LogP contribution in [-0.4, -0.2) is 14.9 Å². The number of ether oxygens (including phenoxy) is 1. The molecule has 2 aromatic carbocycles. The number of aromatic nitrogens is 3. The lowest BCUT2D eigenvalue weighted by Gasteiger charge is -2.14. The van der Waals surface area contributed by atoms with Crippen LogP contribution in [0.3, 0.4) is 0 Å². The van der Waals surface area contributed by atoms with E-state index < -0.39 is 0 Å². The molecule has 3 rings (SSSR count). The normalized spacial score (nSPS) is 11.1. The molecule has 0 atom stereocenters. The van der Waals surface area contributed by atoms with Gasteiger partial charge in [-0.05, 0) is 48.1 Å². The predicted molar refractivity (Wildman–Crippen MR) is 111 cm³/mol. The second-order valence-corrected chi connectivity index (χ2v) is 7.91. The molecule has 0 amide bonds. The highest BCUT2D eigenvalue weighted by molar-refractivity contribution is 7.98. The van der Waals surface area contributed by atoms with Gasteiger partial charge in [0.15, 0.2) is 5.82 Å². The quantitative estimate of drug-likeness (QED) is 0.478. The van der Waals surface area contributed by atoms with Crippen LogP contribution in [0.2, 0.25) is 0 Å². The average molecular weight is 383 g/mol. The fraction of sp³-hybridized carbons (Fsp3) is 0.333. The number of benzene rings is 2. The van der Waals surface area contributed by atoms with E-state index in [9.17, 15) is 0 Å². The average Bonchev–Trinajstić information content (AvgIpc) is 2.99. The van der Waals surface area contributed by atoms with Crippen molar-refractivity contribution in [2.24, 2.45) is 0 Å². The number of hydrogen-bond donors (Lipinski definition) is 1. The van der Waals surface area contributed by atoms with Gasteiger partial charge in [0.25, 0.3) is 0 Å². The smallest absolute Gasteiger partial charge is 0.210 e. The van der Waals surface area contributed by atoms with Crippen molar-refractivity contribution in [1.29, 1.82) is 0 Å². The van der Waals surface area contributed by atoms with E-state index in [1.165, 1.54) is 21.4 Å². The minimum Gasteiger partial charge on any atom is -0.485 e. The zero-order valence-corrected chi connectivity index (χ0v) is 17.1. The van der Waals surface area contributed by atoms with Crippen LogP contribution in [0.5, 0.6) is 5.75 Å². The first-order chi connectivity index (χ1) is 13.0. The molecule has 0 bridgehead atoms. The Morgan fingerprint density at radius 1 is 1.11 bits per heavy atom. The van der Waals surface area contributed by atoms with E-state index in [0.29, 0.717) is 16.9 Å². The Kier molecular flexibility index (Phi) is 6.06. The van der Waals surface area contributed by atoms with Crippen LogP contribution in [0.1, 0.15) is 47.8 Å². The third-order valence-electron chi connectivity index (χ3n) is 4.50. The largest absolute Gasteiger partial charge is 0.485 e. The van der Waals surface area contributed by atoms with E-state index >= 15 is 0 Å². The molecule has 0 aliphatic heterocycles. The van der Waals surface area contributed by atoms with Gasteiger partial charge < -0.3 is 10.6 Å². The SMILES string of the molecule is Cc1ccc(C(C)C)c(OCc2nnc(SCc3ccccc3C)n2N)c1. The van der Waals surface area contributed by atoms with Crippen molar-refractivity contribution in [3.8, 4) is 5.75 Å². The first-order valence-corrected chi connectivity index (χ1v) is 10.0. The van der Waals surface area contributed by atoms with Crippen LogP contribution in [0, 0.1) is 13.8 Å². The van der Waals surface area contributed by atoms with Crippen molar-refractivity contribution >= 4 is 11.8 Å². The maximum Gasteiger partial charge on any atom is 0.210 e. The van der Waals surface area contributed by atoms with Crippen molar-refractivity contribution < 1.29 is 4.74 Å². The molecular formula is C21H26N4OS. The second-order valence-electron chi connectivity index (χ2n) is 6.97. The van der Waals surface area contributed by atoms with Crippen LogP contribution in [0.15, 0.2) is 47.6 Å². The Morgan fingerprint density at radius 3 is 2.63 bits per heavy atom. The fourth-order valence-corrected chi connectivity index (χ4v) is 3.76. The monoisotopic (exact) mass is 382 g/mol. The Bertz CT molecular complexity index is 920. The zero-order chi connectivity index (χ0) is 19.4. The van der Waals surface area contributed by atoms with Gasteiger partial charge in [-0.1, -0.05) is 62.0 Å². The van der Waals surface area contributed by atoms with Gasteiger partial charge in [-0.15, -0.1) is 10.2 Å². The molecule has 0 aliphatic rings. The molecule has 0 aliphatic carbocycles. The molecule has 0 spiro atoms. The van der Waals surface area contributed by atoms with Gasteiger partial charge in [-0.25, -0.2) is 4.68 Å². The van der Waals surface area contributed by atoms with E-state index in [-0.39, 0.29) is 6.61 Å². The van der Waals surface area contributed by atoms with Crippen LogP contribution in [-0.2, 0) is 12.4 Å². The minimum atomic E-state index is 0.289. The molecular weight excluding hydrogens is 356 g/mol. The van der Waals surface area contributed by atoms with Gasteiger partial charge >= 0.3 is 0 Å². The van der Waals surface area contributed by atoms with Crippen LogP contribution in [0.4, 0.5) is 0 Å². The Hall–Kier alpha value is -2.47. The highest BCUT2D eigenvalue weighted by Crippen LogP contribution is 2.28. The maximum atomic E-state index is 6.19. The standard InChI is InChI=1S/C21H26N4OS/c1-14(2)18-10-9-15(3)11-19(18)26-12-20-23-24-21(25(20)22)27-13-17-8-6-5-7-16(17)4/h5-11,14H,12-13,22H2,1-4H3. The summed E-state index contributed by atoms with van der Waals surface area (Å²) in [5.74, 6) is 8.86. The Labute approximate surface area is 164 Å². The second kappa shape index (κ2) is 8.48. The number of nitrogens with two attached hydrogens (primary N) is 1. The lowest BCUT2D eigenvalue weighted by Crippen LogP contribution is -2.16. The van der Waals surface area contributed by atoms with E-state index in [1.807, 2.05) is 12.1 Å². The predicted octanol–water partition coefficient (Wildman–Crippen LogP) is 4.60. The summed E-state index contributed by atoms with van der Waals surface area (Å²) in [5, 5.41) is 9.11. The molecule has 142 valence electrons. The molecule has 27 heavy (non-hydrogen) atoms. The Morgan fingerprint density at radius 2 is 1.89 bits per heavy atom. The summed E-state index contributed by atoms with van der Waals surface area (Å²) in [6.07, 6.45) is 0. The molecule has 1 heterocycles. The molecule has 0 saturated carbocycles. The molecule has 6 heteroatoms. The third kappa shape index (κ3) is 4.63. The van der Waals surface area contributed by atoms with Gasteiger partial charge in [0.1, 0.15) is 12.4 Å². The Balaban J connectivity index is 1.68. The van der Waals surface area contributed by atoms with Gasteiger partial charge in [0.2, 0.25) is 5.16 Å². The topological polar surface area (TPSA) is 66.0 Å². The van der Waals surface area contributed by atoms with Crippen molar-refractivity contribution in [2.75, 3.05) is 5.84 Å². The maximum absolute atomic E-state index is 6.19. The molecule has 3 aromatic rings. The number of aryl methyl sites for hydroxylation is 2. The summed E-state index contributed by atoms with van der Waals surface area (Å²) in [5.41, 5.74) is 4.87. The van der Waals surface area contributed by atoms with Gasteiger partial charge in [-0.3, -0.25) is 0 Å². The molecule has 2 N–H and O–H groups in total. The van der Waals surface area contributed by atoms with Crippen LogP contribution in [0.25, 0.3) is 0 Å². The van der Waals surface area contributed by atoms with E-state index in [0.717, 1.165) is 17.1 Å². The fourth-order valence-electron chi connectivity index (χ4n) is 2.80. The van der Waals surface area contributed by atoms with Crippen molar-refractivity contribution in [1.82, 2.24) is 14.9 Å². The number of thioether (sulfide) groups is 1. The number of nitrogen functional groups attached to an aromatic ring is 1. The highest BCUT2D eigenvalue weighted by atomic mass is 32.2. The van der Waals surface area contributed by atoms with E-state index in [1.54, 1.807) is 11.8 Å². The zero-order valence-electron chi connectivity index (χ0n) is 16.3. The summed E-state index contributed by atoms with van der Waals surface area (Å²) in [6.45, 7) is 8.77. The highest BCUT2D eigenvalue weighted by Gasteiger charge is 2.14. The number of hydrogen-bond acceptors (Lipinski definition) is 5. The first kappa shape index (κ1) is 19.3. The minimum absolute atomic E-state index is 0.289. The van der Waals surface area contributed by atoms with Crippen LogP contribution >= 0.6 is 11.8 Å². The summed E-state index contributed by atoms with van der Waals surface area (Å²) in [7, 11) is 0. The van der Waals surface area contributed by atoms with Gasteiger partial charge in [-0.2, -0.15) is 0 Å².